The normalized spacial score (nSPS) is 16.3. The molecular formula is C20H27N3O3S2. The molecule has 3 rings (SSSR count). The van der Waals surface area contributed by atoms with Crippen LogP contribution in [0.15, 0.2) is 40.6 Å². The Morgan fingerprint density at radius 2 is 1.79 bits per heavy atom. The average molecular weight is 422 g/mol. The van der Waals surface area contributed by atoms with Crippen LogP contribution in [0.25, 0.3) is 0 Å². The minimum absolute atomic E-state index is 0.0233. The highest BCUT2D eigenvalue weighted by Crippen LogP contribution is 2.25. The summed E-state index contributed by atoms with van der Waals surface area (Å²) in [6, 6.07) is 9.15. The number of hydrogen-bond donors (Lipinski definition) is 2. The summed E-state index contributed by atoms with van der Waals surface area (Å²) < 4.78 is 28.1. The van der Waals surface area contributed by atoms with Crippen molar-refractivity contribution in [2.24, 2.45) is 0 Å². The zero-order valence-corrected chi connectivity index (χ0v) is 18.1. The molecule has 1 aliphatic heterocycles. The Bertz CT molecular complexity index is 912. The summed E-state index contributed by atoms with van der Waals surface area (Å²) in [6.07, 6.45) is 1.75. The highest BCUT2D eigenvalue weighted by atomic mass is 32.2. The molecule has 152 valence electrons. The van der Waals surface area contributed by atoms with Crippen LogP contribution < -0.4 is 10.0 Å². The molecule has 1 fully saturated rings. The van der Waals surface area contributed by atoms with Gasteiger partial charge in [-0.2, -0.15) is 0 Å². The van der Waals surface area contributed by atoms with Crippen molar-refractivity contribution in [1.29, 1.82) is 0 Å². The van der Waals surface area contributed by atoms with Crippen LogP contribution in [0.5, 0.6) is 0 Å². The molecule has 0 spiro atoms. The van der Waals surface area contributed by atoms with Crippen molar-refractivity contribution >= 4 is 33.0 Å². The van der Waals surface area contributed by atoms with E-state index in [4.69, 9.17) is 0 Å². The highest BCUT2D eigenvalue weighted by molar-refractivity contribution is 7.93. The quantitative estimate of drug-likeness (QED) is 0.749. The van der Waals surface area contributed by atoms with Gasteiger partial charge in [0, 0.05) is 30.9 Å². The molecule has 28 heavy (non-hydrogen) atoms. The lowest BCUT2D eigenvalue weighted by molar-refractivity contribution is 0.0902. The van der Waals surface area contributed by atoms with Gasteiger partial charge in [0.05, 0.1) is 0 Å². The van der Waals surface area contributed by atoms with E-state index in [0.717, 1.165) is 42.8 Å². The summed E-state index contributed by atoms with van der Waals surface area (Å²) in [6.45, 7) is 8.15. The summed E-state index contributed by atoms with van der Waals surface area (Å²) >= 11 is 1.15. The maximum absolute atomic E-state index is 12.8. The third kappa shape index (κ3) is 4.92. The molecule has 0 unspecified atom stereocenters. The molecule has 0 radical (unpaired) electrons. The van der Waals surface area contributed by atoms with Crippen molar-refractivity contribution < 1.29 is 13.2 Å². The molecule has 1 aliphatic rings. The van der Waals surface area contributed by atoms with Crippen molar-refractivity contribution in [3.63, 3.8) is 0 Å². The van der Waals surface area contributed by atoms with Crippen LogP contribution in [-0.2, 0) is 10.0 Å². The van der Waals surface area contributed by atoms with Crippen LogP contribution in [0.4, 0.5) is 5.69 Å². The van der Waals surface area contributed by atoms with Crippen molar-refractivity contribution in [2.45, 2.75) is 50.6 Å². The minimum Gasteiger partial charge on any atom is -0.348 e. The number of carbonyl (C=O) groups excluding carboxylic acids is 1. The molecule has 2 N–H and O–H groups in total. The van der Waals surface area contributed by atoms with Gasteiger partial charge in [-0.3, -0.25) is 9.52 Å². The average Bonchev–Trinajstić information content (AvgIpc) is 3.15. The van der Waals surface area contributed by atoms with E-state index in [1.165, 1.54) is 6.07 Å². The number of nitrogens with zero attached hydrogens (tertiary/aromatic N) is 1. The van der Waals surface area contributed by atoms with E-state index in [0.29, 0.717) is 11.7 Å². The Labute approximate surface area is 171 Å². The van der Waals surface area contributed by atoms with Gasteiger partial charge in [-0.15, -0.1) is 11.3 Å². The number of carbonyl (C=O) groups is 1. The van der Waals surface area contributed by atoms with E-state index < -0.39 is 10.0 Å². The lowest BCUT2D eigenvalue weighted by Gasteiger charge is -2.34. The fourth-order valence-electron chi connectivity index (χ4n) is 3.32. The zero-order chi connectivity index (χ0) is 20.3. The Hall–Kier alpha value is -1.90. The first-order valence-corrected chi connectivity index (χ1v) is 11.8. The number of anilines is 1. The van der Waals surface area contributed by atoms with Gasteiger partial charge in [0.2, 0.25) is 0 Å². The molecule has 1 aromatic heterocycles. The number of rotatable bonds is 6. The summed E-state index contributed by atoms with van der Waals surface area (Å²) in [4.78, 5) is 15.4. The topological polar surface area (TPSA) is 78.5 Å². The van der Waals surface area contributed by atoms with Gasteiger partial charge in [-0.05, 0) is 57.2 Å². The standard InChI is InChI=1S/C20H27N3O3S2/c1-14(2)23-11-8-16(9-12-23)21-20(24)19-18(10-13-27-19)28(25,26)22-17-6-4-15(3)5-7-17/h4-7,10,13-14,16,22H,8-9,11-12H2,1-3H3,(H,21,24). The summed E-state index contributed by atoms with van der Waals surface area (Å²) in [5.41, 5.74) is 1.52. The molecule has 0 saturated carbocycles. The summed E-state index contributed by atoms with van der Waals surface area (Å²) in [5.74, 6) is -0.317. The third-order valence-electron chi connectivity index (χ3n) is 5.02. The van der Waals surface area contributed by atoms with Gasteiger partial charge in [0.1, 0.15) is 9.77 Å². The van der Waals surface area contributed by atoms with E-state index in [9.17, 15) is 13.2 Å². The second-order valence-electron chi connectivity index (χ2n) is 7.46. The van der Waals surface area contributed by atoms with Crippen LogP contribution >= 0.6 is 11.3 Å². The van der Waals surface area contributed by atoms with Crippen LogP contribution in [0, 0.1) is 6.92 Å². The third-order valence-corrected chi connectivity index (χ3v) is 7.49. The molecule has 1 aromatic carbocycles. The predicted molar refractivity (Wildman–Crippen MR) is 114 cm³/mol. The predicted octanol–water partition coefficient (Wildman–Crippen LogP) is 3.46. The molecule has 6 nitrogen and oxygen atoms in total. The van der Waals surface area contributed by atoms with E-state index in [2.05, 4.69) is 28.8 Å². The Kier molecular flexibility index (Phi) is 6.42. The maximum Gasteiger partial charge on any atom is 0.263 e. The number of piperidine rings is 1. The van der Waals surface area contributed by atoms with E-state index in [1.54, 1.807) is 17.5 Å². The first-order valence-electron chi connectivity index (χ1n) is 9.48. The van der Waals surface area contributed by atoms with Crippen LogP contribution in [0.2, 0.25) is 0 Å². The Morgan fingerprint density at radius 3 is 2.39 bits per heavy atom. The van der Waals surface area contributed by atoms with E-state index in [-0.39, 0.29) is 21.7 Å². The molecule has 8 heteroatoms. The van der Waals surface area contributed by atoms with Crippen molar-refractivity contribution in [3.8, 4) is 0 Å². The number of amides is 1. The smallest absolute Gasteiger partial charge is 0.263 e. The van der Waals surface area contributed by atoms with Crippen LogP contribution in [0.1, 0.15) is 41.9 Å². The first kappa shape index (κ1) is 20.8. The fraction of sp³-hybridized carbons (Fsp3) is 0.450. The van der Waals surface area contributed by atoms with Gasteiger partial charge in [-0.25, -0.2) is 8.42 Å². The van der Waals surface area contributed by atoms with Crippen molar-refractivity contribution in [2.75, 3.05) is 17.8 Å². The number of sulfonamides is 1. The molecule has 0 bridgehead atoms. The zero-order valence-electron chi connectivity index (χ0n) is 16.4. The lowest BCUT2D eigenvalue weighted by atomic mass is 10.0. The lowest BCUT2D eigenvalue weighted by Crippen LogP contribution is -2.46. The van der Waals surface area contributed by atoms with Crippen molar-refractivity contribution in [1.82, 2.24) is 10.2 Å². The number of likely N-dealkylation sites (tertiary alicyclic amines) is 1. The Morgan fingerprint density at radius 1 is 1.14 bits per heavy atom. The monoisotopic (exact) mass is 421 g/mol. The number of aryl methyl sites for hydroxylation is 1. The molecule has 0 aliphatic carbocycles. The largest absolute Gasteiger partial charge is 0.348 e. The van der Waals surface area contributed by atoms with E-state index in [1.807, 2.05) is 19.1 Å². The van der Waals surface area contributed by atoms with Gasteiger partial charge >= 0.3 is 0 Å². The van der Waals surface area contributed by atoms with Crippen LogP contribution in [-0.4, -0.2) is 44.4 Å². The van der Waals surface area contributed by atoms with Gasteiger partial charge < -0.3 is 10.2 Å². The molecule has 2 heterocycles. The van der Waals surface area contributed by atoms with Crippen LogP contribution in [0.3, 0.4) is 0 Å². The Balaban J connectivity index is 1.69. The number of hydrogen-bond acceptors (Lipinski definition) is 5. The van der Waals surface area contributed by atoms with Gasteiger partial charge in [0.15, 0.2) is 0 Å². The van der Waals surface area contributed by atoms with Crippen molar-refractivity contribution in [3.05, 3.63) is 46.2 Å². The molecule has 1 saturated heterocycles. The summed E-state index contributed by atoms with van der Waals surface area (Å²) in [7, 11) is -3.83. The number of benzene rings is 1. The molecule has 2 aromatic rings. The highest BCUT2D eigenvalue weighted by Gasteiger charge is 2.27. The molecule has 1 amide bonds. The summed E-state index contributed by atoms with van der Waals surface area (Å²) in [5, 5.41) is 4.66. The first-order chi connectivity index (χ1) is 13.3. The fourth-order valence-corrected chi connectivity index (χ4v) is 5.71. The number of nitrogens with one attached hydrogen (secondary N) is 2. The molecular weight excluding hydrogens is 394 g/mol. The maximum atomic E-state index is 12.8. The second kappa shape index (κ2) is 8.63. The molecule has 0 atom stereocenters. The minimum atomic E-state index is -3.83. The second-order valence-corrected chi connectivity index (χ2v) is 10.0. The van der Waals surface area contributed by atoms with Gasteiger partial charge in [-0.1, -0.05) is 17.7 Å². The SMILES string of the molecule is Cc1ccc(NS(=O)(=O)c2ccsc2C(=O)NC2CCN(C(C)C)CC2)cc1. The van der Waals surface area contributed by atoms with Gasteiger partial charge in [0.25, 0.3) is 15.9 Å². The van der Waals surface area contributed by atoms with E-state index >= 15 is 0 Å². The number of thiophene rings is 1.